The topological polar surface area (TPSA) is 96.2 Å². The Morgan fingerprint density at radius 1 is 0.906 bits per heavy atom. The van der Waals surface area contributed by atoms with Crippen LogP contribution in [-0.4, -0.2) is 40.3 Å². The standard InChI is InChI=1S/C24H25NO7/c1-14-10-15(24(27)31-5)6-8-19(14)25-23(26)20-9-7-16(32-20)11-18-21(29-3)12-17(28-2)13-22(18)30-4/h6-10,12-13H,11H2,1-5H3,(H,25,26). The molecule has 1 heterocycles. The molecule has 3 aromatic rings. The van der Waals surface area contributed by atoms with E-state index >= 15 is 0 Å². The largest absolute Gasteiger partial charge is 0.496 e. The van der Waals surface area contributed by atoms with Gasteiger partial charge in [0.2, 0.25) is 0 Å². The molecule has 8 nitrogen and oxygen atoms in total. The Hall–Kier alpha value is -3.94. The van der Waals surface area contributed by atoms with Crippen molar-refractivity contribution in [2.75, 3.05) is 33.8 Å². The molecule has 0 unspecified atom stereocenters. The SMILES string of the molecule is COC(=O)c1ccc(NC(=O)c2ccc(Cc3c(OC)cc(OC)cc3OC)o2)c(C)c1. The van der Waals surface area contributed by atoms with Crippen molar-refractivity contribution in [1.82, 2.24) is 0 Å². The Morgan fingerprint density at radius 2 is 1.59 bits per heavy atom. The van der Waals surface area contributed by atoms with Gasteiger partial charge in [0.05, 0.1) is 34.0 Å². The van der Waals surface area contributed by atoms with Crippen LogP contribution >= 0.6 is 0 Å². The number of rotatable bonds is 8. The van der Waals surface area contributed by atoms with Crippen LogP contribution < -0.4 is 19.5 Å². The summed E-state index contributed by atoms with van der Waals surface area (Å²) in [7, 11) is 6.01. The molecule has 3 rings (SSSR count). The zero-order valence-electron chi connectivity index (χ0n) is 18.6. The molecule has 0 fully saturated rings. The van der Waals surface area contributed by atoms with E-state index in [0.29, 0.717) is 40.7 Å². The molecule has 8 heteroatoms. The van der Waals surface area contributed by atoms with E-state index in [1.54, 1.807) is 70.7 Å². The third-order valence-electron chi connectivity index (χ3n) is 4.95. The zero-order chi connectivity index (χ0) is 23.3. The van der Waals surface area contributed by atoms with Crippen LogP contribution in [-0.2, 0) is 11.2 Å². The van der Waals surface area contributed by atoms with Gasteiger partial charge in [0.15, 0.2) is 5.76 Å². The van der Waals surface area contributed by atoms with Gasteiger partial charge in [-0.2, -0.15) is 0 Å². The number of carbonyl (C=O) groups excluding carboxylic acids is 2. The van der Waals surface area contributed by atoms with Crippen molar-refractivity contribution >= 4 is 17.6 Å². The lowest BCUT2D eigenvalue weighted by Gasteiger charge is -2.14. The number of amides is 1. The number of anilines is 1. The van der Waals surface area contributed by atoms with E-state index in [-0.39, 0.29) is 5.76 Å². The summed E-state index contributed by atoms with van der Waals surface area (Å²) in [6.07, 6.45) is 0.358. The molecule has 0 atom stereocenters. The molecule has 0 radical (unpaired) electrons. The maximum Gasteiger partial charge on any atom is 0.337 e. The highest BCUT2D eigenvalue weighted by atomic mass is 16.5. The first-order chi connectivity index (χ1) is 15.4. The van der Waals surface area contributed by atoms with E-state index in [4.69, 9.17) is 23.4 Å². The first-order valence-corrected chi connectivity index (χ1v) is 9.78. The molecule has 1 amide bonds. The monoisotopic (exact) mass is 439 g/mol. The molecule has 0 aliphatic carbocycles. The van der Waals surface area contributed by atoms with E-state index in [1.807, 2.05) is 0 Å². The Bertz CT molecular complexity index is 1110. The van der Waals surface area contributed by atoms with Crippen LogP contribution in [0.15, 0.2) is 46.9 Å². The molecule has 32 heavy (non-hydrogen) atoms. The average Bonchev–Trinajstić information content (AvgIpc) is 3.28. The van der Waals surface area contributed by atoms with Gasteiger partial charge in [-0.25, -0.2) is 4.79 Å². The number of methoxy groups -OCH3 is 4. The first-order valence-electron chi connectivity index (χ1n) is 9.78. The molecular weight excluding hydrogens is 414 g/mol. The Kier molecular flexibility index (Phi) is 7.04. The van der Waals surface area contributed by atoms with Crippen LogP contribution in [0.1, 0.15) is 37.8 Å². The van der Waals surface area contributed by atoms with Crippen LogP contribution in [0.5, 0.6) is 17.2 Å². The number of ether oxygens (including phenoxy) is 4. The number of esters is 1. The minimum absolute atomic E-state index is 0.155. The van der Waals surface area contributed by atoms with Crippen molar-refractivity contribution in [3.05, 3.63) is 70.7 Å². The van der Waals surface area contributed by atoms with Gasteiger partial charge in [0, 0.05) is 29.8 Å². The lowest BCUT2D eigenvalue weighted by molar-refractivity contribution is 0.0600. The van der Waals surface area contributed by atoms with Crippen molar-refractivity contribution in [2.45, 2.75) is 13.3 Å². The lowest BCUT2D eigenvalue weighted by Crippen LogP contribution is -2.12. The van der Waals surface area contributed by atoms with Crippen LogP contribution in [0.2, 0.25) is 0 Å². The highest BCUT2D eigenvalue weighted by molar-refractivity contribution is 6.03. The van der Waals surface area contributed by atoms with Gasteiger partial charge >= 0.3 is 5.97 Å². The fourth-order valence-electron chi connectivity index (χ4n) is 3.25. The molecule has 0 bridgehead atoms. The second kappa shape index (κ2) is 9.91. The van der Waals surface area contributed by atoms with Crippen molar-refractivity contribution in [2.24, 2.45) is 0 Å². The third kappa shape index (κ3) is 4.85. The van der Waals surface area contributed by atoms with Gasteiger partial charge in [0.1, 0.15) is 23.0 Å². The molecule has 0 saturated heterocycles. The second-order valence-corrected chi connectivity index (χ2v) is 6.93. The summed E-state index contributed by atoms with van der Waals surface area (Å²) in [5, 5.41) is 2.80. The molecule has 0 spiro atoms. The van der Waals surface area contributed by atoms with E-state index in [2.05, 4.69) is 5.32 Å². The fourth-order valence-corrected chi connectivity index (χ4v) is 3.25. The molecule has 1 N–H and O–H groups in total. The number of nitrogens with one attached hydrogen (secondary N) is 1. The first kappa shape index (κ1) is 22.7. The number of carbonyl (C=O) groups is 2. The van der Waals surface area contributed by atoms with Gasteiger partial charge < -0.3 is 28.7 Å². The van der Waals surface area contributed by atoms with Crippen molar-refractivity contribution < 1.29 is 33.0 Å². The smallest absolute Gasteiger partial charge is 0.337 e. The predicted molar refractivity (Wildman–Crippen MR) is 118 cm³/mol. The Morgan fingerprint density at radius 3 is 2.16 bits per heavy atom. The van der Waals surface area contributed by atoms with E-state index < -0.39 is 11.9 Å². The maximum absolute atomic E-state index is 12.7. The van der Waals surface area contributed by atoms with Gasteiger partial charge in [-0.1, -0.05) is 0 Å². The number of aryl methyl sites for hydroxylation is 1. The summed E-state index contributed by atoms with van der Waals surface area (Å²) < 4.78 is 26.7. The molecule has 1 aromatic heterocycles. The van der Waals surface area contributed by atoms with E-state index in [0.717, 1.165) is 11.1 Å². The lowest BCUT2D eigenvalue weighted by atomic mass is 10.1. The van der Waals surface area contributed by atoms with E-state index in [1.165, 1.54) is 7.11 Å². The number of hydrogen-bond acceptors (Lipinski definition) is 7. The van der Waals surface area contributed by atoms with Crippen molar-refractivity contribution in [3.8, 4) is 17.2 Å². The minimum atomic E-state index is -0.439. The van der Waals surface area contributed by atoms with Gasteiger partial charge in [-0.3, -0.25) is 4.79 Å². The van der Waals surface area contributed by atoms with Gasteiger partial charge in [0.25, 0.3) is 5.91 Å². The summed E-state index contributed by atoms with van der Waals surface area (Å²) in [6.45, 7) is 1.79. The number of benzene rings is 2. The summed E-state index contributed by atoms with van der Waals surface area (Å²) >= 11 is 0. The summed E-state index contributed by atoms with van der Waals surface area (Å²) in [5.74, 6) is 1.66. The summed E-state index contributed by atoms with van der Waals surface area (Å²) in [4.78, 5) is 24.3. The molecule has 0 saturated carbocycles. The minimum Gasteiger partial charge on any atom is -0.496 e. The van der Waals surface area contributed by atoms with Crippen LogP contribution in [0.4, 0.5) is 5.69 Å². The third-order valence-corrected chi connectivity index (χ3v) is 4.95. The van der Waals surface area contributed by atoms with Gasteiger partial charge in [-0.15, -0.1) is 0 Å². The van der Waals surface area contributed by atoms with E-state index in [9.17, 15) is 9.59 Å². The number of furan rings is 1. The highest BCUT2D eigenvalue weighted by Crippen LogP contribution is 2.36. The summed E-state index contributed by atoms with van der Waals surface area (Å²) in [6, 6.07) is 11.7. The summed E-state index contributed by atoms with van der Waals surface area (Å²) in [5.41, 5.74) is 2.47. The quantitative estimate of drug-likeness (QED) is 0.524. The molecule has 168 valence electrons. The molecular formula is C24H25NO7. The Balaban J connectivity index is 1.78. The van der Waals surface area contributed by atoms with Crippen LogP contribution in [0, 0.1) is 6.92 Å². The van der Waals surface area contributed by atoms with Gasteiger partial charge in [-0.05, 0) is 42.8 Å². The second-order valence-electron chi connectivity index (χ2n) is 6.93. The van der Waals surface area contributed by atoms with Crippen LogP contribution in [0.3, 0.4) is 0 Å². The highest BCUT2D eigenvalue weighted by Gasteiger charge is 2.18. The molecule has 2 aromatic carbocycles. The molecule has 0 aliphatic rings. The van der Waals surface area contributed by atoms with Crippen LogP contribution in [0.25, 0.3) is 0 Å². The van der Waals surface area contributed by atoms with Crippen molar-refractivity contribution in [3.63, 3.8) is 0 Å². The van der Waals surface area contributed by atoms with Crippen molar-refractivity contribution in [1.29, 1.82) is 0 Å². The molecule has 0 aliphatic heterocycles. The number of hydrogen-bond donors (Lipinski definition) is 1. The predicted octanol–water partition coefficient (Wildman–Crippen LogP) is 4.24. The normalized spacial score (nSPS) is 10.4. The Labute approximate surface area is 186 Å². The average molecular weight is 439 g/mol. The fraction of sp³-hybridized carbons (Fsp3) is 0.250. The zero-order valence-corrected chi connectivity index (χ0v) is 18.6. The maximum atomic E-state index is 12.7.